The Morgan fingerprint density at radius 3 is 2.62 bits per heavy atom. The Bertz CT molecular complexity index is 1820. The van der Waals surface area contributed by atoms with Crippen LogP contribution in [0.15, 0.2) is 78.0 Å². The molecule has 1 amide bonds. The second-order valence-corrected chi connectivity index (χ2v) is 15.8. The number of nitrogens with one attached hydrogen (secondary N) is 2. The lowest BCUT2D eigenvalue weighted by atomic mass is 9.86. The molecule has 5 aliphatic rings. The Balaban J connectivity index is 1.02. The molecule has 9 nitrogen and oxygen atoms in total. The molecule has 48 heavy (non-hydrogen) atoms. The highest BCUT2D eigenvalue weighted by Crippen LogP contribution is 2.93. The highest BCUT2D eigenvalue weighted by atomic mass is 32.2. The average molecular weight is 662 g/mol. The van der Waals surface area contributed by atoms with Gasteiger partial charge in [0.25, 0.3) is 5.91 Å². The predicted octanol–water partition coefficient (Wildman–Crippen LogP) is 7.09. The summed E-state index contributed by atoms with van der Waals surface area (Å²) in [6.45, 7) is 4.72. The highest BCUT2D eigenvalue weighted by molar-refractivity contribution is 7.97. The first-order valence-electron chi connectivity index (χ1n) is 17.6. The molecule has 1 saturated heterocycles. The molecule has 2 aliphatic heterocycles. The van der Waals surface area contributed by atoms with Gasteiger partial charge in [-0.25, -0.2) is 14.6 Å². The van der Waals surface area contributed by atoms with Gasteiger partial charge in [0.15, 0.2) is 5.82 Å². The van der Waals surface area contributed by atoms with E-state index in [9.17, 15) is 4.79 Å². The minimum absolute atomic E-state index is 0.193. The molecule has 5 heterocycles. The normalized spacial score (nSPS) is 25.1. The summed E-state index contributed by atoms with van der Waals surface area (Å²) in [5, 5.41) is 8.99. The SMILES string of the molecule is CC1(Cc2ccccc2)CC2CCCNc3cccc(n3)SNC(=O)c3ccc(-n4ccc(OCCC5C6(CC6)C56CC6)n4)nc3N1C2. The van der Waals surface area contributed by atoms with Gasteiger partial charge in [-0.05, 0) is 117 Å². The molecular formula is C38H43N7O2S. The number of aromatic nitrogens is 4. The lowest BCUT2D eigenvalue weighted by Gasteiger charge is -2.37. The molecule has 1 aromatic carbocycles. The van der Waals surface area contributed by atoms with Crippen molar-refractivity contribution in [2.75, 3.05) is 29.9 Å². The van der Waals surface area contributed by atoms with Gasteiger partial charge in [0.1, 0.15) is 16.7 Å². The van der Waals surface area contributed by atoms with Crippen LogP contribution in [0.2, 0.25) is 0 Å². The quantitative estimate of drug-likeness (QED) is 0.203. The molecule has 2 N–H and O–H groups in total. The van der Waals surface area contributed by atoms with E-state index in [0.29, 0.717) is 46.4 Å². The van der Waals surface area contributed by atoms with E-state index < -0.39 is 0 Å². The molecule has 2 atom stereocenters. The fraction of sp³-hybridized carbons (Fsp3) is 0.474. The molecule has 4 fully saturated rings. The summed E-state index contributed by atoms with van der Waals surface area (Å²) >= 11 is 1.23. The molecule has 248 valence electrons. The number of pyridine rings is 2. The summed E-state index contributed by atoms with van der Waals surface area (Å²) < 4.78 is 11.0. The lowest BCUT2D eigenvalue weighted by Crippen LogP contribution is -2.44. The largest absolute Gasteiger partial charge is 0.477 e. The molecule has 2 spiro atoms. The highest BCUT2D eigenvalue weighted by Gasteiger charge is 2.85. The third kappa shape index (κ3) is 5.32. The number of anilines is 2. The zero-order chi connectivity index (χ0) is 32.3. The summed E-state index contributed by atoms with van der Waals surface area (Å²) in [7, 11) is 0. The summed E-state index contributed by atoms with van der Waals surface area (Å²) in [6.07, 6.45) is 12.7. The second-order valence-electron chi connectivity index (χ2n) is 14.9. The first-order valence-corrected chi connectivity index (χ1v) is 18.5. The lowest BCUT2D eigenvalue weighted by molar-refractivity contribution is 0.0984. The topological polar surface area (TPSA) is 97.2 Å². The minimum atomic E-state index is -0.227. The Kier molecular flexibility index (Phi) is 7.22. The van der Waals surface area contributed by atoms with Crippen molar-refractivity contribution in [3.8, 4) is 11.7 Å². The fourth-order valence-electron chi connectivity index (χ4n) is 9.44. The smallest absolute Gasteiger partial charge is 0.265 e. The van der Waals surface area contributed by atoms with Crippen molar-refractivity contribution >= 4 is 29.5 Å². The molecule has 3 saturated carbocycles. The van der Waals surface area contributed by atoms with Crippen LogP contribution in [-0.2, 0) is 6.42 Å². The van der Waals surface area contributed by atoms with Gasteiger partial charge >= 0.3 is 0 Å². The van der Waals surface area contributed by atoms with E-state index in [1.807, 2.05) is 42.6 Å². The summed E-state index contributed by atoms with van der Waals surface area (Å²) in [6, 6.07) is 22.2. The van der Waals surface area contributed by atoms with E-state index in [1.54, 1.807) is 4.68 Å². The first-order chi connectivity index (χ1) is 23.4. The zero-order valence-electron chi connectivity index (χ0n) is 27.5. The average Bonchev–Trinajstić information content (AvgIpc) is 4.05. The number of carbonyl (C=O) groups is 1. The monoisotopic (exact) mass is 661 g/mol. The van der Waals surface area contributed by atoms with Gasteiger partial charge in [-0.2, -0.15) is 0 Å². The number of hydrogen-bond donors (Lipinski definition) is 2. The van der Waals surface area contributed by atoms with Crippen LogP contribution in [0.3, 0.4) is 0 Å². The van der Waals surface area contributed by atoms with E-state index in [0.717, 1.165) is 62.0 Å². The van der Waals surface area contributed by atoms with Crippen LogP contribution >= 0.6 is 11.9 Å². The number of carbonyl (C=O) groups excluding carboxylic acids is 1. The van der Waals surface area contributed by atoms with Crippen LogP contribution < -0.4 is 19.7 Å². The number of fused-ring (bicyclic) bond motifs is 7. The van der Waals surface area contributed by atoms with Crippen LogP contribution in [0.5, 0.6) is 5.88 Å². The van der Waals surface area contributed by atoms with Crippen molar-refractivity contribution in [3.63, 3.8) is 0 Å². The van der Waals surface area contributed by atoms with Gasteiger partial charge in [-0.15, -0.1) is 5.10 Å². The molecular weight excluding hydrogens is 619 g/mol. The van der Waals surface area contributed by atoms with Gasteiger partial charge in [0, 0.05) is 42.8 Å². The number of ether oxygens (including phenoxy) is 1. The van der Waals surface area contributed by atoms with Crippen molar-refractivity contribution in [3.05, 3.63) is 84.1 Å². The van der Waals surface area contributed by atoms with Gasteiger partial charge in [0.05, 0.1) is 12.2 Å². The van der Waals surface area contributed by atoms with E-state index in [-0.39, 0.29) is 11.4 Å². The van der Waals surface area contributed by atoms with Crippen LogP contribution in [-0.4, -0.2) is 50.9 Å². The number of benzene rings is 1. The second kappa shape index (κ2) is 11.5. The van der Waals surface area contributed by atoms with Crippen molar-refractivity contribution in [2.24, 2.45) is 22.7 Å². The maximum Gasteiger partial charge on any atom is 0.265 e. The van der Waals surface area contributed by atoms with Crippen LogP contribution in [0, 0.1) is 22.7 Å². The van der Waals surface area contributed by atoms with Crippen molar-refractivity contribution in [1.82, 2.24) is 24.5 Å². The number of nitrogens with zero attached hydrogens (tertiary/aromatic N) is 5. The molecule has 4 aromatic rings. The van der Waals surface area contributed by atoms with Crippen LogP contribution in [0.1, 0.15) is 74.2 Å². The maximum absolute atomic E-state index is 13.9. The fourth-order valence-corrected chi connectivity index (χ4v) is 10.0. The molecule has 10 heteroatoms. The summed E-state index contributed by atoms with van der Waals surface area (Å²) in [4.78, 5) is 26.2. The number of amides is 1. The number of rotatable bonds is 7. The Hall–Kier alpha value is -4.05. The zero-order valence-corrected chi connectivity index (χ0v) is 28.3. The molecule has 2 unspecified atom stereocenters. The molecule has 0 radical (unpaired) electrons. The van der Waals surface area contributed by atoms with Crippen molar-refractivity contribution in [2.45, 2.75) is 75.3 Å². The Morgan fingerprint density at radius 2 is 1.81 bits per heavy atom. The van der Waals surface area contributed by atoms with E-state index in [4.69, 9.17) is 19.8 Å². The van der Waals surface area contributed by atoms with Crippen molar-refractivity contribution < 1.29 is 9.53 Å². The van der Waals surface area contributed by atoms with Crippen LogP contribution in [0.25, 0.3) is 5.82 Å². The van der Waals surface area contributed by atoms with Gasteiger partial charge in [0.2, 0.25) is 5.88 Å². The van der Waals surface area contributed by atoms with E-state index >= 15 is 0 Å². The third-order valence-electron chi connectivity index (χ3n) is 12.0. The molecule has 3 aliphatic carbocycles. The third-order valence-corrected chi connectivity index (χ3v) is 12.7. The maximum atomic E-state index is 13.9. The molecule has 4 bridgehead atoms. The Labute approximate surface area is 286 Å². The van der Waals surface area contributed by atoms with Crippen molar-refractivity contribution in [1.29, 1.82) is 0 Å². The standard InChI is InChI=1S/C38H43N7O2S/c1-36(23-26-7-3-2-4-8-26)24-27-9-6-20-39-30-10-5-11-33(40-30)48-43-35(46)28-12-13-31(41-34(28)44(36)25-27)45-21-14-32(42-45)47-22-15-29-37(16-17-37)38(29)18-19-38/h2-5,7-8,10-14,21,27,29H,6,9,15-20,22-25H2,1H3,(H,39,40)(H,43,46). The summed E-state index contributed by atoms with van der Waals surface area (Å²) in [5.74, 6) is 3.93. The summed E-state index contributed by atoms with van der Waals surface area (Å²) in [5.41, 5.74) is 2.99. The van der Waals surface area contributed by atoms with Gasteiger partial charge in [-0.3, -0.25) is 9.52 Å². The first kappa shape index (κ1) is 30.0. The van der Waals surface area contributed by atoms with E-state index in [1.165, 1.54) is 43.2 Å². The number of hydrogen-bond acceptors (Lipinski definition) is 8. The Morgan fingerprint density at radius 1 is 0.979 bits per heavy atom. The predicted molar refractivity (Wildman–Crippen MR) is 188 cm³/mol. The minimum Gasteiger partial charge on any atom is -0.477 e. The van der Waals surface area contributed by atoms with Crippen LogP contribution in [0.4, 0.5) is 11.6 Å². The molecule has 3 aromatic heterocycles. The van der Waals surface area contributed by atoms with Gasteiger partial charge in [-0.1, -0.05) is 36.4 Å². The molecule has 9 rings (SSSR count). The van der Waals surface area contributed by atoms with Gasteiger partial charge < -0.3 is 15.0 Å². The van der Waals surface area contributed by atoms with E-state index in [2.05, 4.69) is 52.2 Å².